The summed E-state index contributed by atoms with van der Waals surface area (Å²) in [6.45, 7) is 0.488. The average molecular weight is 459 g/mol. The number of aromatic nitrogens is 3. The van der Waals surface area contributed by atoms with E-state index in [1.54, 1.807) is 41.4 Å². The summed E-state index contributed by atoms with van der Waals surface area (Å²) in [7, 11) is 0. The van der Waals surface area contributed by atoms with E-state index in [9.17, 15) is 19.8 Å². The maximum absolute atomic E-state index is 13.7. The number of benzene rings is 2. The highest BCUT2D eigenvalue weighted by molar-refractivity contribution is 6.27. The van der Waals surface area contributed by atoms with Gasteiger partial charge in [0.25, 0.3) is 5.56 Å². The number of hydrogen-bond donors (Lipinski definition) is 2. The van der Waals surface area contributed by atoms with Crippen molar-refractivity contribution in [2.45, 2.75) is 32.7 Å². The SMILES string of the molecule is O=C1c2cc3c(cc2-c2c1c1cc(CO)c(CO)cc1c(=O)n2CCCn1ccnc1)OCO3. The maximum Gasteiger partial charge on any atom is 0.258 e. The van der Waals surface area contributed by atoms with Crippen molar-refractivity contribution < 1.29 is 24.5 Å². The van der Waals surface area contributed by atoms with Crippen LogP contribution in [0.3, 0.4) is 0 Å². The Kier molecular flexibility index (Phi) is 4.75. The van der Waals surface area contributed by atoms with E-state index < -0.39 is 0 Å². The molecule has 2 aromatic carbocycles. The average Bonchev–Trinajstić information content (AvgIpc) is 3.59. The summed E-state index contributed by atoms with van der Waals surface area (Å²) < 4.78 is 14.6. The molecule has 1 aliphatic heterocycles. The van der Waals surface area contributed by atoms with E-state index >= 15 is 0 Å². The number of carbonyl (C=O) groups excluding carboxylic acids is 1. The fraction of sp³-hybridized carbons (Fsp3) is 0.240. The van der Waals surface area contributed by atoms with Crippen molar-refractivity contribution in [3.05, 3.63) is 75.6 Å². The first kappa shape index (κ1) is 20.6. The van der Waals surface area contributed by atoms with Crippen LogP contribution in [-0.2, 0) is 26.3 Å². The van der Waals surface area contributed by atoms with Gasteiger partial charge in [0.2, 0.25) is 6.79 Å². The van der Waals surface area contributed by atoms with Gasteiger partial charge in [-0.1, -0.05) is 0 Å². The minimum absolute atomic E-state index is 0.0818. The molecule has 34 heavy (non-hydrogen) atoms. The van der Waals surface area contributed by atoms with Crippen LogP contribution < -0.4 is 15.0 Å². The Morgan fingerprint density at radius 3 is 2.29 bits per heavy atom. The van der Waals surface area contributed by atoms with Crippen molar-refractivity contribution in [2.24, 2.45) is 0 Å². The van der Waals surface area contributed by atoms with Gasteiger partial charge in [-0.3, -0.25) is 9.59 Å². The molecule has 172 valence electrons. The molecule has 3 heterocycles. The third kappa shape index (κ3) is 2.98. The molecule has 0 amide bonds. The molecule has 2 aliphatic rings. The normalized spacial score (nSPS) is 13.5. The Morgan fingerprint density at radius 2 is 1.62 bits per heavy atom. The van der Waals surface area contributed by atoms with Crippen LogP contribution in [0.5, 0.6) is 11.5 Å². The summed E-state index contributed by atoms with van der Waals surface area (Å²) in [5, 5.41) is 20.4. The topological polar surface area (TPSA) is 116 Å². The van der Waals surface area contributed by atoms with Crippen molar-refractivity contribution in [3.8, 4) is 22.8 Å². The van der Waals surface area contributed by atoms with Crippen molar-refractivity contribution in [3.63, 3.8) is 0 Å². The van der Waals surface area contributed by atoms with Gasteiger partial charge in [-0.05, 0) is 41.8 Å². The third-order valence-corrected chi connectivity index (χ3v) is 6.53. The predicted molar refractivity (Wildman–Crippen MR) is 122 cm³/mol. The van der Waals surface area contributed by atoms with E-state index in [4.69, 9.17) is 9.47 Å². The van der Waals surface area contributed by atoms with Crippen LogP contribution >= 0.6 is 0 Å². The number of imidazole rings is 1. The zero-order valence-electron chi connectivity index (χ0n) is 18.2. The molecule has 0 saturated carbocycles. The second-order valence-electron chi connectivity index (χ2n) is 8.40. The molecule has 0 unspecified atom stereocenters. The maximum atomic E-state index is 13.7. The summed E-state index contributed by atoms with van der Waals surface area (Å²) >= 11 is 0. The number of aryl methyl sites for hydroxylation is 1. The van der Waals surface area contributed by atoms with Crippen LogP contribution in [0, 0.1) is 0 Å². The molecule has 1 aliphatic carbocycles. The predicted octanol–water partition coefficient (Wildman–Crippen LogP) is 2.21. The molecule has 9 heteroatoms. The monoisotopic (exact) mass is 459 g/mol. The second-order valence-corrected chi connectivity index (χ2v) is 8.40. The zero-order chi connectivity index (χ0) is 23.4. The smallest absolute Gasteiger partial charge is 0.258 e. The van der Waals surface area contributed by atoms with Crippen LogP contribution in [0.1, 0.15) is 33.5 Å². The minimum Gasteiger partial charge on any atom is -0.454 e. The number of pyridine rings is 1. The largest absolute Gasteiger partial charge is 0.454 e. The highest BCUT2D eigenvalue weighted by atomic mass is 16.7. The lowest BCUT2D eigenvalue weighted by atomic mass is 9.97. The molecule has 0 radical (unpaired) electrons. The van der Waals surface area contributed by atoms with Crippen LogP contribution in [0.15, 0.2) is 47.8 Å². The van der Waals surface area contributed by atoms with E-state index in [0.717, 1.165) is 0 Å². The molecule has 9 nitrogen and oxygen atoms in total. The number of nitrogens with zero attached hydrogens (tertiary/aromatic N) is 3. The fourth-order valence-electron chi connectivity index (χ4n) is 4.89. The molecule has 2 aromatic heterocycles. The lowest BCUT2D eigenvalue weighted by Gasteiger charge is -2.17. The third-order valence-electron chi connectivity index (χ3n) is 6.53. The van der Waals surface area contributed by atoms with Gasteiger partial charge in [-0.25, -0.2) is 4.98 Å². The molecule has 0 bridgehead atoms. The Morgan fingerprint density at radius 1 is 0.912 bits per heavy atom. The molecular weight excluding hydrogens is 438 g/mol. The quantitative estimate of drug-likeness (QED) is 0.400. The Bertz CT molecular complexity index is 1520. The summed E-state index contributed by atoms with van der Waals surface area (Å²) in [6, 6.07) is 6.65. The molecule has 0 fully saturated rings. The minimum atomic E-state index is -0.321. The number of fused-ring (bicyclic) bond motifs is 6. The number of ketones is 1. The van der Waals surface area contributed by atoms with E-state index in [-0.39, 0.29) is 31.3 Å². The van der Waals surface area contributed by atoms with Crippen LogP contribution in [0.25, 0.3) is 22.0 Å². The van der Waals surface area contributed by atoms with Gasteiger partial charge in [0.05, 0.1) is 30.8 Å². The molecule has 2 N–H and O–H groups in total. The van der Waals surface area contributed by atoms with Gasteiger partial charge in [0.15, 0.2) is 17.3 Å². The van der Waals surface area contributed by atoms with E-state index in [1.165, 1.54) is 0 Å². The Hall–Kier alpha value is -3.95. The highest BCUT2D eigenvalue weighted by Crippen LogP contribution is 2.46. The van der Waals surface area contributed by atoms with Gasteiger partial charge < -0.3 is 28.8 Å². The second kappa shape index (κ2) is 7.82. The number of aliphatic hydroxyl groups is 2. The first-order chi connectivity index (χ1) is 16.6. The van der Waals surface area contributed by atoms with Gasteiger partial charge in [-0.15, -0.1) is 0 Å². The molecular formula is C25H21N3O6. The number of ether oxygens (including phenoxy) is 2. The van der Waals surface area contributed by atoms with Crippen molar-refractivity contribution in [1.82, 2.24) is 14.1 Å². The molecule has 0 saturated heterocycles. The first-order valence-corrected chi connectivity index (χ1v) is 11.0. The van der Waals surface area contributed by atoms with Gasteiger partial charge >= 0.3 is 0 Å². The zero-order valence-corrected chi connectivity index (χ0v) is 18.2. The van der Waals surface area contributed by atoms with Crippen molar-refractivity contribution in [1.29, 1.82) is 0 Å². The van der Waals surface area contributed by atoms with E-state index in [1.807, 2.05) is 10.8 Å². The Balaban J connectivity index is 1.59. The molecule has 0 atom stereocenters. The van der Waals surface area contributed by atoms with Gasteiger partial charge in [-0.2, -0.15) is 0 Å². The van der Waals surface area contributed by atoms with E-state index in [0.29, 0.717) is 75.3 Å². The van der Waals surface area contributed by atoms with Crippen LogP contribution in [-0.4, -0.2) is 36.9 Å². The number of hydrogen-bond acceptors (Lipinski definition) is 7. The summed E-state index contributed by atoms with van der Waals surface area (Å²) in [5.41, 5.74) is 2.72. The Labute approximate surface area is 193 Å². The summed E-state index contributed by atoms with van der Waals surface area (Å²) in [4.78, 5) is 31.4. The number of carbonyl (C=O) groups is 1. The molecule has 0 spiro atoms. The van der Waals surface area contributed by atoms with E-state index in [2.05, 4.69) is 4.98 Å². The van der Waals surface area contributed by atoms with Crippen molar-refractivity contribution >= 4 is 16.6 Å². The number of rotatable bonds is 6. The van der Waals surface area contributed by atoms with Crippen LogP contribution in [0.4, 0.5) is 0 Å². The number of aliphatic hydroxyl groups excluding tert-OH is 2. The summed E-state index contributed by atoms with van der Waals surface area (Å²) in [5.74, 6) is 0.817. The first-order valence-electron chi connectivity index (χ1n) is 11.0. The van der Waals surface area contributed by atoms with Gasteiger partial charge in [0, 0.05) is 47.4 Å². The lowest BCUT2D eigenvalue weighted by molar-refractivity contribution is 0.104. The molecule has 4 aromatic rings. The highest BCUT2D eigenvalue weighted by Gasteiger charge is 2.35. The fourth-order valence-corrected chi connectivity index (χ4v) is 4.89. The lowest BCUT2D eigenvalue weighted by Crippen LogP contribution is -2.24. The van der Waals surface area contributed by atoms with Crippen molar-refractivity contribution in [2.75, 3.05) is 6.79 Å². The van der Waals surface area contributed by atoms with Crippen LogP contribution in [0.2, 0.25) is 0 Å². The van der Waals surface area contributed by atoms with Gasteiger partial charge in [0.1, 0.15) is 0 Å². The molecule has 6 rings (SSSR count). The standard InChI is InChI=1S/C25H21N3O6/c29-10-14-6-16-19(7-15(14)11-30)25(32)28(4-1-3-27-5-2-26-12-27)23-17-8-20-21(34-13-33-20)9-18(17)24(31)22(16)23/h2,5-9,12,29-30H,1,3-4,10-11,13H2. The summed E-state index contributed by atoms with van der Waals surface area (Å²) in [6.07, 6.45) is 5.92.